The summed E-state index contributed by atoms with van der Waals surface area (Å²) in [6.07, 6.45) is 3.38. The van der Waals surface area contributed by atoms with E-state index in [1.807, 2.05) is 47.0 Å². The molecule has 0 saturated carbocycles. The minimum absolute atomic E-state index is 0.150. The van der Waals surface area contributed by atoms with Crippen molar-refractivity contribution in [2.45, 2.75) is 6.54 Å². The molecule has 6 heteroatoms. The number of anilines is 1. The van der Waals surface area contributed by atoms with Crippen LogP contribution in [0.3, 0.4) is 0 Å². The number of benzene rings is 2. The third-order valence-electron chi connectivity index (χ3n) is 4.03. The summed E-state index contributed by atoms with van der Waals surface area (Å²) < 4.78 is 7.13. The van der Waals surface area contributed by atoms with Gasteiger partial charge in [0, 0.05) is 17.6 Å². The molecule has 0 unspecified atom stereocenters. The first kappa shape index (κ1) is 15.1. The van der Waals surface area contributed by atoms with Crippen LogP contribution >= 0.6 is 0 Å². The van der Waals surface area contributed by atoms with Crippen molar-refractivity contribution in [2.75, 3.05) is 12.4 Å². The molecule has 0 bridgehead atoms. The number of ether oxygens (including phenoxy) is 1. The number of methoxy groups -OCH3 is 1. The van der Waals surface area contributed by atoms with E-state index in [0.29, 0.717) is 11.4 Å². The van der Waals surface area contributed by atoms with Crippen molar-refractivity contribution < 1.29 is 9.53 Å². The van der Waals surface area contributed by atoms with Crippen molar-refractivity contribution in [2.24, 2.45) is 0 Å². The normalized spacial score (nSPS) is 10.9. The molecule has 2 aromatic heterocycles. The van der Waals surface area contributed by atoms with Crippen LogP contribution in [0.15, 0.2) is 61.1 Å². The van der Waals surface area contributed by atoms with Gasteiger partial charge >= 0.3 is 0 Å². The highest BCUT2D eigenvalue weighted by Gasteiger charge is 2.11. The second-order valence-corrected chi connectivity index (χ2v) is 5.66. The van der Waals surface area contributed by atoms with Gasteiger partial charge in [0.15, 0.2) is 0 Å². The van der Waals surface area contributed by atoms with Gasteiger partial charge in [0.1, 0.15) is 12.3 Å². The highest BCUT2D eigenvalue weighted by Crippen LogP contribution is 2.27. The second-order valence-electron chi connectivity index (χ2n) is 5.66. The van der Waals surface area contributed by atoms with Gasteiger partial charge in [-0.3, -0.25) is 9.78 Å². The predicted octanol–water partition coefficient (Wildman–Crippen LogP) is 3.23. The van der Waals surface area contributed by atoms with Crippen LogP contribution in [-0.4, -0.2) is 27.6 Å². The number of carbonyl (C=O) groups is 1. The van der Waals surface area contributed by atoms with E-state index in [1.54, 1.807) is 25.7 Å². The topological polar surface area (TPSA) is 69.0 Å². The maximum atomic E-state index is 12.5. The summed E-state index contributed by atoms with van der Waals surface area (Å²) in [6.45, 7) is 0.173. The molecule has 2 heterocycles. The zero-order chi connectivity index (χ0) is 17.2. The molecule has 1 N–H and O–H groups in total. The number of imidazole rings is 1. The first-order valence-corrected chi connectivity index (χ1v) is 7.87. The van der Waals surface area contributed by atoms with Crippen LogP contribution in [-0.2, 0) is 11.3 Å². The maximum absolute atomic E-state index is 12.5. The van der Waals surface area contributed by atoms with Gasteiger partial charge in [-0.25, -0.2) is 4.98 Å². The Morgan fingerprint density at radius 1 is 1.16 bits per heavy atom. The zero-order valence-corrected chi connectivity index (χ0v) is 13.6. The first-order valence-electron chi connectivity index (χ1n) is 7.87. The first-order chi connectivity index (χ1) is 12.2. The molecule has 0 atom stereocenters. The fourth-order valence-electron chi connectivity index (χ4n) is 2.86. The van der Waals surface area contributed by atoms with Gasteiger partial charge in [0.25, 0.3) is 0 Å². The van der Waals surface area contributed by atoms with E-state index in [4.69, 9.17) is 4.74 Å². The molecule has 0 aliphatic heterocycles. The summed E-state index contributed by atoms with van der Waals surface area (Å²) in [5.41, 5.74) is 3.14. The quantitative estimate of drug-likeness (QED) is 0.623. The van der Waals surface area contributed by atoms with Crippen molar-refractivity contribution in [1.82, 2.24) is 14.5 Å². The molecule has 25 heavy (non-hydrogen) atoms. The predicted molar refractivity (Wildman–Crippen MR) is 96.7 cm³/mol. The number of amides is 1. The molecular weight excluding hydrogens is 316 g/mol. The molecule has 0 fully saturated rings. The molecule has 0 spiro atoms. The lowest BCUT2D eigenvalue weighted by Crippen LogP contribution is -2.18. The van der Waals surface area contributed by atoms with E-state index < -0.39 is 0 Å². The van der Waals surface area contributed by atoms with Crippen molar-refractivity contribution in [3.8, 4) is 5.75 Å². The number of carbonyl (C=O) groups excluding carboxylic acids is 1. The Labute approximate surface area is 144 Å². The monoisotopic (exact) mass is 332 g/mol. The van der Waals surface area contributed by atoms with Crippen LogP contribution in [0, 0.1) is 0 Å². The third-order valence-corrected chi connectivity index (χ3v) is 4.03. The number of pyridine rings is 1. The standard InChI is InChI=1S/C19H16N4O2/c1-25-14-9-13-5-4-8-20-19(13)16(10-14)22-18(24)11-23-12-21-15-6-2-3-7-17(15)23/h2-10,12H,11H2,1H3,(H,22,24). The molecule has 0 aliphatic carbocycles. The number of hydrogen-bond donors (Lipinski definition) is 1. The van der Waals surface area contributed by atoms with Gasteiger partial charge in [-0.2, -0.15) is 0 Å². The van der Waals surface area contributed by atoms with E-state index in [0.717, 1.165) is 21.9 Å². The van der Waals surface area contributed by atoms with Gasteiger partial charge in [0.2, 0.25) is 5.91 Å². The van der Waals surface area contributed by atoms with E-state index in [9.17, 15) is 4.79 Å². The van der Waals surface area contributed by atoms with Gasteiger partial charge in [0.05, 0.1) is 35.7 Å². The van der Waals surface area contributed by atoms with E-state index in [-0.39, 0.29) is 12.5 Å². The summed E-state index contributed by atoms with van der Waals surface area (Å²) in [4.78, 5) is 21.2. The molecule has 6 nitrogen and oxygen atoms in total. The Morgan fingerprint density at radius 3 is 2.92 bits per heavy atom. The van der Waals surface area contributed by atoms with Crippen LogP contribution in [0.4, 0.5) is 5.69 Å². The molecule has 0 aliphatic rings. The summed E-state index contributed by atoms with van der Waals surface area (Å²) in [7, 11) is 1.60. The van der Waals surface area contributed by atoms with E-state index in [1.165, 1.54) is 0 Å². The minimum Gasteiger partial charge on any atom is -0.497 e. The summed E-state index contributed by atoms with van der Waals surface area (Å²) in [5.74, 6) is 0.521. The molecule has 4 aromatic rings. The van der Waals surface area contributed by atoms with Gasteiger partial charge < -0.3 is 14.6 Å². The summed E-state index contributed by atoms with van der Waals surface area (Å²) >= 11 is 0. The number of hydrogen-bond acceptors (Lipinski definition) is 4. The van der Waals surface area contributed by atoms with Crippen molar-refractivity contribution >= 4 is 33.5 Å². The van der Waals surface area contributed by atoms with Crippen molar-refractivity contribution in [3.05, 3.63) is 61.1 Å². The Balaban J connectivity index is 1.63. The second kappa shape index (κ2) is 6.24. The fourth-order valence-corrected chi connectivity index (χ4v) is 2.86. The number of nitrogens with zero attached hydrogens (tertiary/aromatic N) is 3. The minimum atomic E-state index is -0.150. The Bertz CT molecular complexity index is 1070. The number of aromatic nitrogens is 3. The number of para-hydroxylation sites is 2. The van der Waals surface area contributed by atoms with Crippen LogP contribution in [0.1, 0.15) is 0 Å². The Morgan fingerprint density at radius 2 is 2.04 bits per heavy atom. The lowest BCUT2D eigenvalue weighted by atomic mass is 10.1. The fraction of sp³-hybridized carbons (Fsp3) is 0.105. The van der Waals surface area contributed by atoms with Gasteiger partial charge in [-0.1, -0.05) is 18.2 Å². The lowest BCUT2D eigenvalue weighted by molar-refractivity contribution is -0.116. The van der Waals surface area contributed by atoms with E-state index in [2.05, 4.69) is 15.3 Å². The average molecular weight is 332 g/mol. The van der Waals surface area contributed by atoms with Crippen molar-refractivity contribution in [1.29, 1.82) is 0 Å². The molecule has 124 valence electrons. The molecule has 4 rings (SSSR count). The Hall–Kier alpha value is -3.41. The third kappa shape index (κ3) is 2.89. The number of nitrogens with one attached hydrogen (secondary N) is 1. The molecular formula is C19H16N4O2. The highest BCUT2D eigenvalue weighted by molar-refractivity contribution is 6.01. The summed E-state index contributed by atoms with van der Waals surface area (Å²) in [5, 5.41) is 3.84. The molecule has 0 radical (unpaired) electrons. The molecule has 2 aromatic carbocycles. The highest BCUT2D eigenvalue weighted by atomic mass is 16.5. The molecule has 1 amide bonds. The maximum Gasteiger partial charge on any atom is 0.244 e. The zero-order valence-electron chi connectivity index (χ0n) is 13.6. The SMILES string of the molecule is COc1cc(NC(=O)Cn2cnc3ccccc32)c2ncccc2c1. The lowest BCUT2D eigenvalue weighted by Gasteiger charge is -2.11. The van der Waals surface area contributed by atoms with Crippen LogP contribution < -0.4 is 10.1 Å². The smallest absolute Gasteiger partial charge is 0.244 e. The number of fused-ring (bicyclic) bond motifs is 2. The average Bonchev–Trinajstić information content (AvgIpc) is 3.04. The summed E-state index contributed by atoms with van der Waals surface area (Å²) in [6, 6.07) is 15.2. The van der Waals surface area contributed by atoms with Crippen LogP contribution in [0.25, 0.3) is 21.9 Å². The van der Waals surface area contributed by atoms with Gasteiger partial charge in [-0.15, -0.1) is 0 Å². The van der Waals surface area contributed by atoms with E-state index >= 15 is 0 Å². The van der Waals surface area contributed by atoms with Gasteiger partial charge in [-0.05, 0) is 24.3 Å². The molecule has 0 saturated heterocycles. The Kier molecular flexibility index (Phi) is 3.78. The number of rotatable bonds is 4. The largest absolute Gasteiger partial charge is 0.497 e. The van der Waals surface area contributed by atoms with Crippen LogP contribution in [0.2, 0.25) is 0 Å². The van der Waals surface area contributed by atoms with Crippen molar-refractivity contribution in [3.63, 3.8) is 0 Å². The van der Waals surface area contributed by atoms with Crippen LogP contribution in [0.5, 0.6) is 5.75 Å².